The van der Waals surface area contributed by atoms with Crippen LogP contribution in [0.15, 0.2) is 48.6 Å². The summed E-state index contributed by atoms with van der Waals surface area (Å²) in [4.78, 5) is 26.0. The lowest BCUT2D eigenvalue weighted by molar-refractivity contribution is -0.121. The molecule has 0 atom stereocenters. The fraction of sp³-hybridized carbons (Fsp3) is 0.182. The van der Waals surface area contributed by atoms with Gasteiger partial charge in [-0.2, -0.15) is 0 Å². The molecule has 1 N–H and O–H groups in total. The number of ether oxygens (including phenoxy) is 1. The molecular formula is C22H22ClNO4. The van der Waals surface area contributed by atoms with Crippen molar-refractivity contribution in [3.63, 3.8) is 0 Å². The molecule has 0 radical (unpaired) electrons. The molecule has 28 heavy (non-hydrogen) atoms. The quantitative estimate of drug-likeness (QED) is 0.527. The van der Waals surface area contributed by atoms with Crippen LogP contribution in [0.2, 0.25) is 5.02 Å². The molecule has 0 aromatic heterocycles. The van der Waals surface area contributed by atoms with Crippen LogP contribution in [0, 0.1) is 0 Å². The number of hydrogen-bond donors (Lipinski definition) is 1. The fourth-order valence-corrected chi connectivity index (χ4v) is 2.66. The van der Waals surface area contributed by atoms with Gasteiger partial charge in [-0.3, -0.25) is 9.59 Å². The minimum absolute atomic E-state index is 0.0675. The first-order chi connectivity index (χ1) is 13.3. The maximum absolute atomic E-state index is 12.0. The first kappa shape index (κ1) is 21.3. The summed E-state index contributed by atoms with van der Waals surface area (Å²) in [5, 5.41) is 9.97. The molecule has 0 saturated heterocycles. The van der Waals surface area contributed by atoms with Gasteiger partial charge in [0, 0.05) is 36.4 Å². The van der Waals surface area contributed by atoms with Crippen molar-refractivity contribution in [1.29, 1.82) is 0 Å². The third kappa shape index (κ3) is 5.99. The van der Waals surface area contributed by atoms with Gasteiger partial charge in [0.25, 0.3) is 0 Å². The number of methoxy groups -OCH3 is 1. The van der Waals surface area contributed by atoms with E-state index in [2.05, 4.69) is 0 Å². The highest BCUT2D eigenvalue weighted by Crippen LogP contribution is 2.25. The van der Waals surface area contributed by atoms with E-state index in [0.29, 0.717) is 21.9 Å². The lowest BCUT2D eigenvalue weighted by atomic mass is 10.1. The van der Waals surface area contributed by atoms with E-state index in [1.54, 1.807) is 18.2 Å². The summed E-state index contributed by atoms with van der Waals surface area (Å²) < 4.78 is 5.15. The Kier molecular flexibility index (Phi) is 7.41. The predicted molar refractivity (Wildman–Crippen MR) is 113 cm³/mol. The van der Waals surface area contributed by atoms with Crippen LogP contribution in [-0.2, 0) is 9.59 Å². The Hall–Kier alpha value is -3.05. The molecular weight excluding hydrogens is 378 g/mol. The number of aromatic hydroxyl groups is 1. The summed E-state index contributed by atoms with van der Waals surface area (Å²) in [6.45, 7) is 0. The number of hydrogen-bond acceptors (Lipinski definition) is 5. The predicted octanol–water partition coefficient (Wildman–Crippen LogP) is 4.38. The molecule has 0 aliphatic carbocycles. The molecule has 5 nitrogen and oxygen atoms in total. The Morgan fingerprint density at radius 3 is 2.21 bits per heavy atom. The maximum Gasteiger partial charge on any atom is 0.163 e. The second-order valence-electron chi connectivity index (χ2n) is 6.30. The van der Waals surface area contributed by atoms with Crippen molar-refractivity contribution in [3.8, 4) is 11.5 Å². The van der Waals surface area contributed by atoms with Crippen molar-refractivity contribution < 1.29 is 19.4 Å². The van der Waals surface area contributed by atoms with Crippen molar-refractivity contribution in [1.82, 2.24) is 0 Å². The molecule has 0 heterocycles. The highest BCUT2D eigenvalue weighted by atomic mass is 35.5. The summed E-state index contributed by atoms with van der Waals surface area (Å²) >= 11 is 6.22. The van der Waals surface area contributed by atoms with Crippen molar-refractivity contribution in [2.75, 3.05) is 26.1 Å². The van der Waals surface area contributed by atoms with Crippen LogP contribution >= 0.6 is 11.6 Å². The Labute approximate surface area is 169 Å². The van der Waals surface area contributed by atoms with E-state index < -0.39 is 0 Å². The number of carbonyl (C=O) groups is 2. The molecule has 0 unspecified atom stereocenters. The number of carbonyl (C=O) groups excluding carboxylic acids is 2. The Morgan fingerprint density at radius 2 is 1.64 bits per heavy atom. The molecule has 2 aromatic carbocycles. The lowest BCUT2D eigenvalue weighted by Crippen LogP contribution is -2.08. The van der Waals surface area contributed by atoms with E-state index in [9.17, 15) is 14.7 Å². The number of allylic oxidation sites excluding steroid dienone is 2. The van der Waals surface area contributed by atoms with Gasteiger partial charge < -0.3 is 14.7 Å². The van der Waals surface area contributed by atoms with Crippen LogP contribution in [0.3, 0.4) is 0 Å². The third-order valence-corrected chi connectivity index (χ3v) is 4.29. The van der Waals surface area contributed by atoms with Gasteiger partial charge in [-0.05, 0) is 54.1 Å². The van der Waals surface area contributed by atoms with Gasteiger partial charge in [-0.25, -0.2) is 0 Å². The number of anilines is 1. The molecule has 0 spiro atoms. The standard InChI is InChI=1S/C22H22ClNO4/c1-24(2)17-8-4-15(21(23)12-17)5-9-18(25)13-19(26)10-6-16-7-11-20(27)14-22(16)28-3/h4-12,14,27H,13H2,1-3H3/b9-5+,10-6+. The summed E-state index contributed by atoms with van der Waals surface area (Å²) in [5.41, 5.74) is 2.29. The molecule has 0 saturated carbocycles. The molecule has 6 heteroatoms. The Morgan fingerprint density at radius 1 is 1.04 bits per heavy atom. The number of phenols is 1. The number of nitrogens with zero attached hydrogens (tertiary/aromatic N) is 1. The van der Waals surface area contributed by atoms with Gasteiger partial charge in [0.05, 0.1) is 13.5 Å². The summed E-state index contributed by atoms with van der Waals surface area (Å²) in [6, 6.07) is 10.1. The molecule has 0 aliphatic rings. The van der Waals surface area contributed by atoms with Crippen LogP contribution < -0.4 is 9.64 Å². The first-order valence-corrected chi connectivity index (χ1v) is 8.93. The molecule has 2 rings (SSSR count). The molecule has 0 fully saturated rings. The molecule has 146 valence electrons. The zero-order valence-corrected chi connectivity index (χ0v) is 16.7. The number of ketones is 2. The van der Waals surface area contributed by atoms with Crippen molar-refractivity contribution in [3.05, 3.63) is 64.7 Å². The van der Waals surface area contributed by atoms with Crippen LogP contribution in [-0.4, -0.2) is 37.9 Å². The smallest absolute Gasteiger partial charge is 0.163 e. The SMILES string of the molecule is COc1cc(O)ccc1/C=C/C(=O)CC(=O)/C=C/c1ccc(N(C)C)cc1Cl. The van der Waals surface area contributed by atoms with Gasteiger partial charge in [0.15, 0.2) is 11.6 Å². The monoisotopic (exact) mass is 399 g/mol. The number of rotatable bonds is 8. The Bertz CT molecular complexity index is 932. The molecule has 0 aliphatic heterocycles. The van der Waals surface area contributed by atoms with Gasteiger partial charge in [-0.15, -0.1) is 0 Å². The number of halogens is 1. The summed E-state index contributed by atoms with van der Waals surface area (Å²) in [5.74, 6) is -0.150. The van der Waals surface area contributed by atoms with Gasteiger partial charge in [0.2, 0.25) is 0 Å². The van der Waals surface area contributed by atoms with Gasteiger partial charge >= 0.3 is 0 Å². The van der Waals surface area contributed by atoms with E-state index in [1.165, 1.54) is 31.4 Å². The van der Waals surface area contributed by atoms with Crippen molar-refractivity contribution in [2.45, 2.75) is 6.42 Å². The third-order valence-electron chi connectivity index (χ3n) is 3.96. The van der Waals surface area contributed by atoms with Gasteiger partial charge in [0.1, 0.15) is 11.5 Å². The largest absolute Gasteiger partial charge is 0.508 e. The van der Waals surface area contributed by atoms with E-state index in [4.69, 9.17) is 16.3 Å². The minimum atomic E-state index is -0.334. The van der Waals surface area contributed by atoms with Crippen LogP contribution in [0.25, 0.3) is 12.2 Å². The second kappa shape index (κ2) is 9.76. The minimum Gasteiger partial charge on any atom is -0.508 e. The van der Waals surface area contributed by atoms with E-state index in [-0.39, 0.29) is 23.7 Å². The van der Waals surface area contributed by atoms with E-state index >= 15 is 0 Å². The van der Waals surface area contributed by atoms with E-state index in [0.717, 1.165) is 5.69 Å². The zero-order chi connectivity index (χ0) is 20.7. The highest BCUT2D eigenvalue weighted by molar-refractivity contribution is 6.32. The normalized spacial score (nSPS) is 11.1. The molecule has 0 amide bonds. The highest BCUT2D eigenvalue weighted by Gasteiger charge is 2.07. The average Bonchev–Trinajstić information content (AvgIpc) is 2.65. The average molecular weight is 400 g/mol. The topological polar surface area (TPSA) is 66.8 Å². The van der Waals surface area contributed by atoms with Crippen molar-refractivity contribution >= 4 is 41.0 Å². The zero-order valence-electron chi connectivity index (χ0n) is 16.0. The summed E-state index contributed by atoms with van der Waals surface area (Å²) in [6.07, 6.45) is 5.57. The van der Waals surface area contributed by atoms with Crippen LogP contribution in [0.4, 0.5) is 5.69 Å². The Balaban J connectivity index is 1.99. The van der Waals surface area contributed by atoms with Gasteiger partial charge in [-0.1, -0.05) is 17.7 Å². The second-order valence-corrected chi connectivity index (χ2v) is 6.71. The van der Waals surface area contributed by atoms with Crippen molar-refractivity contribution in [2.24, 2.45) is 0 Å². The lowest BCUT2D eigenvalue weighted by Gasteiger charge is -2.13. The number of phenolic OH excluding ortho intramolecular Hbond substituents is 1. The van der Waals surface area contributed by atoms with Crippen LogP contribution in [0.1, 0.15) is 17.5 Å². The maximum atomic E-state index is 12.0. The molecule has 2 aromatic rings. The van der Waals surface area contributed by atoms with Crippen LogP contribution in [0.5, 0.6) is 11.5 Å². The number of benzene rings is 2. The first-order valence-electron chi connectivity index (χ1n) is 8.56. The molecule has 0 bridgehead atoms. The summed E-state index contributed by atoms with van der Waals surface area (Å²) in [7, 11) is 5.30. The fourth-order valence-electron chi connectivity index (χ4n) is 2.42. The van der Waals surface area contributed by atoms with E-state index in [1.807, 2.05) is 37.2 Å².